The Kier molecular flexibility index (Phi) is 8.43. The lowest BCUT2D eigenvalue weighted by molar-refractivity contribution is -0.144. The summed E-state index contributed by atoms with van der Waals surface area (Å²) >= 11 is 0. The number of rotatable bonds is 2. The summed E-state index contributed by atoms with van der Waals surface area (Å²) in [5.74, 6) is -0.726. The Labute approximate surface area is 103 Å². The zero-order chi connectivity index (χ0) is 10.0. The minimum absolute atomic E-state index is 0. The van der Waals surface area contributed by atoms with Gasteiger partial charge in [-0.15, -0.1) is 24.8 Å². The summed E-state index contributed by atoms with van der Waals surface area (Å²) < 4.78 is 0. The lowest BCUT2D eigenvalue weighted by Crippen LogP contribution is -2.55. The van der Waals surface area contributed by atoms with Crippen molar-refractivity contribution in [3.63, 3.8) is 0 Å². The minimum Gasteiger partial charge on any atom is -0.480 e. The molecule has 1 fully saturated rings. The van der Waals surface area contributed by atoms with Crippen molar-refractivity contribution in [3.05, 3.63) is 0 Å². The summed E-state index contributed by atoms with van der Waals surface area (Å²) in [7, 11) is 2.07. The first-order valence-corrected chi connectivity index (χ1v) is 4.69. The van der Waals surface area contributed by atoms with Crippen molar-refractivity contribution in [1.29, 1.82) is 0 Å². The third-order valence-corrected chi connectivity index (χ3v) is 2.74. The van der Waals surface area contributed by atoms with Gasteiger partial charge in [0.05, 0.1) is 0 Å². The van der Waals surface area contributed by atoms with Crippen LogP contribution in [-0.2, 0) is 4.79 Å². The van der Waals surface area contributed by atoms with Crippen molar-refractivity contribution < 1.29 is 9.90 Å². The molecule has 1 saturated heterocycles. The van der Waals surface area contributed by atoms with Crippen molar-refractivity contribution in [2.75, 3.05) is 26.7 Å². The number of hydrogen-bond donors (Lipinski definition) is 1. The third-order valence-electron chi connectivity index (χ3n) is 2.74. The number of carboxylic acid groups (broad SMARTS) is 1. The molecule has 0 aromatic heterocycles. The normalized spacial score (nSPS) is 24.9. The Morgan fingerprint density at radius 3 is 2.33 bits per heavy atom. The number of aliphatic carboxylic acids is 1. The summed E-state index contributed by atoms with van der Waals surface area (Å²) in [5, 5.41) is 8.86. The van der Waals surface area contributed by atoms with E-state index in [2.05, 4.69) is 18.9 Å². The second-order valence-electron chi connectivity index (χ2n) is 3.86. The van der Waals surface area contributed by atoms with Gasteiger partial charge in [-0.05, 0) is 20.9 Å². The van der Waals surface area contributed by atoms with Gasteiger partial charge in [0, 0.05) is 25.7 Å². The summed E-state index contributed by atoms with van der Waals surface area (Å²) in [4.78, 5) is 15.0. The molecule has 1 unspecified atom stereocenters. The summed E-state index contributed by atoms with van der Waals surface area (Å²) in [6, 6.07) is -0.0199. The van der Waals surface area contributed by atoms with Gasteiger partial charge in [0.2, 0.25) is 0 Å². The van der Waals surface area contributed by atoms with Gasteiger partial charge >= 0.3 is 5.97 Å². The molecule has 2 atom stereocenters. The number of carbonyl (C=O) groups is 1. The number of nitrogens with zero attached hydrogens (tertiary/aromatic N) is 2. The molecule has 0 aromatic rings. The van der Waals surface area contributed by atoms with Gasteiger partial charge in [0.15, 0.2) is 0 Å². The van der Waals surface area contributed by atoms with Gasteiger partial charge in [-0.25, -0.2) is 0 Å². The Hall–Kier alpha value is -0.0300. The smallest absolute Gasteiger partial charge is 0.320 e. The fourth-order valence-electron chi connectivity index (χ4n) is 1.87. The molecule has 1 N–H and O–H groups in total. The largest absolute Gasteiger partial charge is 0.480 e. The number of piperazine rings is 1. The van der Waals surface area contributed by atoms with Crippen LogP contribution < -0.4 is 0 Å². The van der Waals surface area contributed by atoms with E-state index in [1.165, 1.54) is 0 Å². The topological polar surface area (TPSA) is 43.8 Å². The average molecular weight is 259 g/mol. The molecule has 1 aliphatic rings. The molecule has 0 saturated carbocycles. The first-order valence-electron chi connectivity index (χ1n) is 4.69. The zero-order valence-corrected chi connectivity index (χ0v) is 11.0. The highest BCUT2D eigenvalue weighted by Gasteiger charge is 2.28. The van der Waals surface area contributed by atoms with E-state index in [9.17, 15) is 4.79 Å². The summed E-state index contributed by atoms with van der Waals surface area (Å²) in [5.41, 5.74) is 0. The summed E-state index contributed by atoms with van der Waals surface area (Å²) in [6.07, 6.45) is 0. The van der Waals surface area contributed by atoms with Crippen molar-refractivity contribution in [2.45, 2.75) is 25.9 Å². The molecule has 1 heterocycles. The van der Waals surface area contributed by atoms with Crippen molar-refractivity contribution >= 4 is 30.8 Å². The maximum Gasteiger partial charge on any atom is 0.320 e. The van der Waals surface area contributed by atoms with Crippen molar-refractivity contribution in [1.82, 2.24) is 9.80 Å². The van der Waals surface area contributed by atoms with Gasteiger partial charge in [-0.2, -0.15) is 0 Å². The SMILES string of the molecule is CC(C(=O)O)N1CCN(C)C[C@H]1C.Cl.Cl. The molecule has 6 heteroatoms. The molecule has 92 valence electrons. The van der Waals surface area contributed by atoms with E-state index in [0.29, 0.717) is 6.04 Å². The van der Waals surface area contributed by atoms with Crippen LogP contribution in [0, 0.1) is 0 Å². The van der Waals surface area contributed by atoms with E-state index in [1.807, 2.05) is 4.90 Å². The Balaban J connectivity index is 0. The lowest BCUT2D eigenvalue weighted by Gasteiger charge is -2.40. The first-order chi connectivity index (χ1) is 6.02. The van der Waals surface area contributed by atoms with Gasteiger partial charge < -0.3 is 10.0 Å². The van der Waals surface area contributed by atoms with Crippen LogP contribution in [0.4, 0.5) is 0 Å². The minimum atomic E-state index is -0.726. The van der Waals surface area contributed by atoms with Crippen LogP contribution in [0.25, 0.3) is 0 Å². The van der Waals surface area contributed by atoms with E-state index < -0.39 is 5.97 Å². The molecule has 0 spiro atoms. The number of likely N-dealkylation sites (N-methyl/N-ethyl adjacent to an activating group) is 1. The highest BCUT2D eigenvalue weighted by atomic mass is 35.5. The predicted molar refractivity (Wildman–Crippen MR) is 65.3 cm³/mol. The average Bonchev–Trinajstić information content (AvgIpc) is 2.03. The van der Waals surface area contributed by atoms with E-state index >= 15 is 0 Å². The molecule has 0 radical (unpaired) electrons. The van der Waals surface area contributed by atoms with Crippen LogP contribution in [0.15, 0.2) is 0 Å². The fourth-order valence-corrected chi connectivity index (χ4v) is 1.87. The number of hydrogen-bond acceptors (Lipinski definition) is 3. The maximum absolute atomic E-state index is 10.8. The highest BCUT2D eigenvalue weighted by molar-refractivity contribution is 5.85. The van der Waals surface area contributed by atoms with Crippen LogP contribution in [0.3, 0.4) is 0 Å². The van der Waals surface area contributed by atoms with Crippen LogP contribution >= 0.6 is 24.8 Å². The first kappa shape index (κ1) is 17.4. The Morgan fingerprint density at radius 2 is 1.93 bits per heavy atom. The Morgan fingerprint density at radius 1 is 1.40 bits per heavy atom. The molecule has 0 aliphatic carbocycles. The van der Waals surface area contributed by atoms with Crippen LogP contribution in [0.1, 0.15) is 13.8 Å². The molecular formula is C9H20Cl2N2O2. The second kappa shape index (κ2) is 7.28. The summed E-state index contributed by atoms with van der Waals surface area (Å²) in [6.45, 7) is 6.60. The van der Waals surface area contributed by atoms with E-state index in [1.54, 1.807) is 6.92 Å². The van der Waals surface area contributed by atoms with Crippen LogP contribution in [0.5, 0.6) is 0 Å². The maximum atomic E-state index is 10.8. The highest BCUT2D eigenvalue weighted by Crippen LogP contribution is 2.11. The van der Waals surface area contributed by atoms with Gasteiger partial charge in [-0.3, -0.25) is 9.69 Å². The van der Waals surface area contributed by atoms with Crippen LogP contribution in [-0.4, -0.2) is 59.6 Å². The Bertz CT molecular complexity index is 205. The number of halogens is 2. The van der Waals surface area contributed by atoms with E-state index in [0.717, 1.165) is 19.6 Å². The lowest BCUT2D eigenvalue weighted by atomic mass is 10.1. The molecule has 0 aromatic carbocycles. The quantitative estimate of drug-likeness (QED) is 0.801. The zero-order valence-electron chi connectivity index (χ0n) is 9.34. The van der Waals surface area contributed by atoms with Crippen molar-refractivity contribution in [3.8, 4) is 0 Å². The third kappa shape index (κ3) is 4.55. The fraction of sp³-hybridized carbons (Fsp3) is 0.889. The van der Waals surface area contributed by atoms with Gasteiger partial charge in [-0.1, -0.05) is 0 Å². The van der Waals surface area contributed by atoms with Gasteiger partial charge in [0.25, 0.3) is 0 Å². The molecule has 0 bridgehead atoms. The van der Waals surface area contributed by atoms with E-state index in [4.69, 9.17) is 5.11 Å². The monoisotopic (exact) mass is 258 g/mol. The molecular weight excluding hydrogens is 239 g/mol. The molecule has 4 nitrogen and oxygen atoms in total. The van der Waals surface area contributed by atoms with Gasteiger partial charge in [0.1, 0.15) is 6.04 Å². The van der Waals surface area contributed by atoms with Crippen LogP contribution in [0.2, 0.25) is 0 Å². The molecule has 1 rings (SSSR count). The molecule has 15 heavy (non-hydrogen) atoms. The second-order valence-corrected chi connectivity index (χ2v) is 3.86. The molecule has 0 amide bonds. The standard InChI is InChI=1S/C9H18N2O2.2ClH/c1-7-6-10(3)4-5-11(7)8(2)9(12)13;;/h7-8H,4-6H2,1-3H3,(H,12,13);2*1H/t7-,8?;;/m1../s1. The van der Waals surface area contributed by atoms with E-state index in [-0.39, 0.29) is 30.9 Å². The number of carboxylic acids is 1. The molecule has 1 aliphatic heterocycles. The predicted octanol–water partition coefficient (Wildman–Crippen LogP) is 0.939. The van der Waals surface area contributed by atoms with Crippen molar-refractivity contribution in [2.24, 2.45) is 0 Å².